The van der Waals surface area contributed by atoms with Gasteiger partial charge in [0.1, 0.15) is 0 Å². The molecule has 156 valence electrons. The molecule has 0 heterocycles. The third kappa shape index (κ3) is 22.0. The number of ether oxygens (including phenoxy) is 1. The average molecular weight is 434 g/mol. The van der Waals surface area contributed by atoms with Gasteiger partial charge in [-0.2, -0.15) is 0 Å². The van der Waals surface area contributed by atoms with Crippen molar-refractivity contribution >= 4 is 20.9 Å². The van der Waals surface area contributed by atoms with Crippen LogP contribution in [0.2, 0.25) is 10.6 Å². The van der Waals surface area contributed by atoms with Crippen LogP contribution < -0.4 is 0 Å². The van der Waals surface area contributed by atoms with Crippen LogP contribution in [0.5, 0.6) is 0 Å². The van der Waals surface area contributed by atoms with Crippen molar-refractivity contribution in [2.24, 2.45) is 5.41 Å². The fourth-order valence-corrected chi connectivity index (χ4v) is 4.62. The first-order valence-electron chi connectivity index (χ1n) is 11.2. The van der Waals surface area contributed by atoms with E-state index in [1.807, 2.05) is 0 Å². The number of hydrogen-bond acceptors (Lipinski definition) is 2. The molecule has 0 saturated carbocycles. The second kappa shape index (κ2) is 18.4. The predicted molar refractivity (Wildman–Crippen MR) is 116 cm³/mol. The fraction of sp³-hybridized carbons (Fsp3) is 0.957. The van der Waals surface area contributed by atoms with Gasteiger partial charge in [0, 0.05) is 0 Å². The van der Waals surface area contributed by atoms with Gasteiger partial charge in [-0.1, -0.05) is 13.3 Å². The van der Waals surface area contributed by atoms with E-state index >= 15 is 0 Å². The standard InChI is InChI=1S/C23H46O2Se/c1-5-6-7-8-9-10-11-12-13-14-15-16-20-26-21-19-25-22(24)17-18-23(2,3)4/h5-21H2,1-4H3. The zero-order valence-corrected chi connectivity index (χ0v) is 20.0. The van der Waals surface area contributed by atoms with Crippen molar-refractivity contribution in [3.63, 3.8) is 0 Å². The Bertz CT molecular complexity index is 310. The van der Waals surface area contributed by atoms with E-state index in [4.69, 9.17) is 4.74 Å². The molecule has 0 unspecified atom stereocenters. The number of esters is 1. The van der Waals surface area contributed by atoms with Crippen LogP contribution >= 0.6 is 0 Å². The fourth-order valence-electron chi connectivity index (χ4n) is 2.91. The van der Waals surface area contributed by atoms with Crippen LogP contribution in [0.3, 0.4) is 0 Å². The minimum absolute atomic E-state index is 0.0129. The Balaban J connectivity index is 3.14. The molecular formula is C23H46O2Se. The first-order chi connectivity index (χ1) is 12.5. The van der Waals surface area contributed by atoms with E-state index in [0.29, 0.717) is 28.0 Å². The van der Waals surface area contributed by atoms with Crippen molar-refractivity contribution in [2.75, 3.05) is 6.61 Å². The van der Waals surface area contributed by atoms with Crippen molar-refractivity contribution in [2.45, 2.75) is 128 Å². The molecule has 0 saturated heterocycles. The number of hydrogen-bond donors (Lipinski definition) is 0. The first kappa shape index (κ1) is 26.0. The van der Waals surface area contributed by atoms with Crippen molar-refractivity contribution in [1.29, 1.82) is 0 Å². The Kier molecular flexibility index (Phi) is 18.3. The molecule has 0 fully saturated rings. The zero-order chi connectivity index (χ0) is 19.5. The van der Waals surface area contributed by atoms with Crippen LogP contribution in [-0.4, -0.2) is 27.5 Å². The van der Waals surface area contributed by atoms with Crippen molar-refractivity contribution < 1.29 is 9.53 Å². The van der Waals surface area contributed by atoms with Gasteiger partial charge in [0.05, 0.1) is 0 Å². The summed E-state index contributed by atoms with van der Waals surface area (Å²) in [5, 5.41) is 2.44. The molecule has 0 amide bonds. The molecule has 0 radical (unpaired) electrons. The molecule has 0 N–H and O–H groups in total. The Morgan fingerprint density at radius 2 is 1.27 bits per heavy atom. The Labute approximate surface area is 170 Å². The van der Waals surface area contributed by atoms with Gasteiger partial charge in [-0.05, 0) is 0 Å². The van der Waals surface area contributed by atoms with E-state index in [0.717, 1.165) is 11.7 Å². The van der Waals surface area contributed by atoms with Gasteiger partial charge in [-0.3, -0.25) is 0 Å². The molecule has 0 rings (SSSR count). The Morgan fingerprint density at radius 1 is 0.769 bits per heavy atom. The van der Waals surface area contributed by atoms with Gasteiger partial charge in [0.2, 0.25) is 0 Å². The van der Waals surface area contributed by atoms with Gasteiger partial charge >= 0.3 is 157 Å². The van der Waals surface area contributed by atoms with E-state index in [2.05, 4.69) is 27.7 Å². The van der Waals surface area contributed by atoms with Gasteiger partial charge in [0.25, 0.3) is 0 Å². The Hall–Kier alpha value is -0.0105. The van der Waals surface area contributed by atoms with E-state index in [1.165, 1.54) is 82.4 Å². The minimum atomic E-state index is -0.0129. The number of unbranched alkanes of at least 4 members (excludes halogenated alkanes) is 11. The maximum atomic E-state index is 11.6. The Morgan fingerprint density at radius 3 is 1.77 bits per heavy atom. The molecular weight excluding hydrogens is 387 g/mol. The van der Waals surface area contributed by atoms with Gasteiger partial charge in [0.15, 0.2) is 0 Å². The predicted octanol–water partition coefficient (Wildman–Crippen LogP) is 7.60. The molecule has 26 heavy (non-hydrogen) atoms. The third-order valence-electron chi connectivity index (χ3n) is 4.71. The molecule has 0 spiro atoms. The SMILES string of the molecule is CCCCCCCCCCCCCC[Se]CCOC(=O)CCC(C)(C)C. The van der Waals surface area contributed by atoms with Gasteiger partial charge in [-0.15, -0.1) is 0 Å². The van der Waals surface area contributed by atoms with Crippen LogP contribution in [0.15, 0.2) is 0 Å². The molecule has 0 aromatic rings. The summed E-state index contributed by atoms with van der Waals surface area (Å²) in [4.78, 5) is 11.6. The summed E-state index contributed by atoms with van der Waals surface area (Å²) in [6.45, 7) is 9.42. The number of rotatable bonds is 18. The van der Waals surface area contributed by atoms with Crippen molar-refractivity contribution in [3.8, 4) is 0 Å². The van der Waals surface area contributed by atoms with E-state index < -0.39 is 0 Å². The maximum absolute atomic E-state index is 11.6. The second-order valence-corrected chi connectivity index (χ2v) is 11.4. The molecule has 0 aliphatic carbocycles. The van der Waals surface area contributed by atoms with Crippen molar-refractivity contribution in [3.05, 3.63) is 0 Å². The van der Waals surface area contributed by atoms with E-state index in [1.54, 1.807) is 0 Å². The summed E-state index contributed by atoms with van der Waals surface area (Å²) in [6, 6.07) is 0. The summed E-state index contributed by atoms with van der Waals surface area (Å²) < 4.78 is 5.33. The summed E-state index contributed by atoms with van der Waals surface area (Å²) in [5.41, 5.74) is 0.220. The molecule has 0 aromatic heterocycles. The second-order valence-electron chi connectivity index (χ2n) is 8.78. The van der Waals surface area contributed by atoms with E-state index in [9.17, 15) is 4.79 Å². The molecule has 3 heteroatoms. The van der Waals surface area contributed by atoms with Gasteiger partial charge in [-0.25, -0.2) is 0 Å². The van der Waals surface area contributed by atoms with Crippen LogP contribution in [-0.2, 0) is 9.53 Å². The monoisotopic (exact) mass is 434 g/mol. The topological polar surface area (TPSA) is 26.3 Å². The summed E-state index contributed by atoms with van der Waals surface area (Å²) >= 11 is 0.656. The molecule has 0 atom stereocenters. The summed E-state index contributed by atoms with van der Waals surface area (Å²) in [6.07, 6.45) is 18.5. The van der Waals surface area contributed by atoms with Crippen LogP contribution in [0.1, 0.15) is 118 Å². The van der Waals surface area contributed by atoms with Crippen LogP contribution in [0, 0.1) is 5.41 Å². The van der Waals surface area contributed by atoms with E-state index in [-0.39, 0.29) is 11.4 Å². The average Bonchev–Trinajstić information content (AvgIpc) is 2.59. The summed E-state index contributed by atoms with van der Waals surface area (Å²) in [7, 11) is 0. The van der Waals surface area contributed by atoms with Crippen LogP contribution in [0.25, 0.3) is 0 Å². The third-order valence-corrected chi connectivity index (χ3v) is 6.88. The molecule has 0 aromatic carbocycles. The summed E-state index contributed by atoms with van der Waals surface area (Å²) in [5.74, 6) is -0.0129. The number of carbonyl (C=O) groups is 1. The molecule has 0 aliphatic heterocycles. The molecule has 2 nitrogen and oxygen atoms in total. The van der Waals surface area contributed by atoms with Gasteiger partial charge < -0.3 is 0 Å². The molecule has 0 bridgehead atoms. The zero-order valence-electron chi connectivity index (χ0n) is 18.2. The quantitative estimate of drug-likeness (QED) is 0.126. The number of carbonyl (C=O) groups excluding carboxylic acids is 1. The van der Waals surface area contributed by atoms with Crippen molar-refractivity contribution in [1.82, 2.24) is 0 Å². The normalized spacial score (nSPS) is 11.7. The first-order valence-corrected chi connectivity index (χ1v) is 13.6. The molecule has 0 aliphatic rings. The van der Waals surface area contributed by atoms with Crippen LogP contribution in [0.4, 0.5) is 0 Å².